The lowest BCUT2D eigenvalue weighted by Crippen LogP contribution is -3.07. The second-order valence-electron chi connectivity index (χ2n) is 9.16. The highest BCUT2D eigenvalue weighted by atomic mass is 16.6. The molecule has 0 spiro atoms. The molecule has 4 aliphatic rings. The summed E-state index contributed by atoms with van der Waals surface area (Å²) >= 11 is 0. The van der Waals surface area contributed by atoms with E-state index in [1.54, 1.807) is 20.1 Å². The highest BCUT2D eigenvalue weighted by Gasteiger charge is 2.50. The lowest BCUT2D eigenvalue weighted by atomic mass is 9.74. The summed E-state index contributed by atoms with van der Waals surface area (Å²) in [6, 6.07) is 1.83. The number of hydrogen-bond acceptors (Lipinski definition) is 7. The summed E-state index contributed by atoms with van der Waals surface area (Å²) in [5, 5.41) is 14.2. The van der Waals surface area contributed by atoms with Crippen LogP contribution < -0.4 is 24.4 Å². The predicted molar refractivity (Wildman–Crippen MR) is 121 cm³/mol. The molecule has 1 aromatic carbocycles. The molecular weight excluding hydrogens is 424 g/mol. The van der Waals surface area contributed by atoms with E-state index >= 15 is 0 Å². The molecule has 4 atom stereocenters. The SMILES string of the molecule is CCOC(=O)C1=CC(=CC[NH+]2C=CNC2)c2c(cc3c(c2OC)C2CCCC(C)(O)C2O3)O1. The van der Waals surface area contributed by atoms with Crippen LogP contribution in [0.25, 0.3) is 5.57 Å². The zero-order valence-electron chi connectivity index (χ0n) is 19.3. The highest BCUT2D eigenvalue weighted by Crippen LogP contribution is 2.57. The van der Waals surface area contributed by atoms with Crippen molar-refractivity contribution >= 4 is 11.5 Å². The number of benzene rings is 1. The van der Waals surface area contributed by atoms with E-state index in [-0.39, 0.29) is 24.4 Å². The smallest absolute Gasteiger partial charge is 0.374 e. The van der Waals surface area contributed by atoms with Gasteiger partial charge >= 0.3 is 5.97 Å². The van der Waals surface area contributed by atoms with Crippen LogP contribution in [0, 0.1) is 0 Å². The number of rotatable bonds is 5. The molecule has 176 valence electrons. The van der Waals surface area contributed by atoms with Crippen LogP contribution in [-0.2, 0) is 9.53 Å². The molecule has 5 rings (SSSR count). The maximum Gasteiger partial charge on any atom is 0.374 e. The molecule has 4 unspecified atom stereocenters. The number of carbonyl (C=O) groups excluding carboxylic acids is 1. The lowest BCUT2D eigenvalue weighted by Gasteiger charge is -2.37. The van der Waals surface area contributed by atoms with Crippen molar-refractivity contribution in [1.82, 2.24) is 5.32 Å². The number of allylic oxidation sites excluding steroid dienone is 2. The highest BCUT2D eigenvalue weighted by molar-refractivity contribution is 5.96. The van der Waals surface area contributed by atoms with Crippen molar-refractivity contribution in [2.75, 3.05) is 26.9 Å². The molecule has 0 amide bonds. The van der Waals surface area contributed by atoms with Crippen LogP contribution in [0.15, 0.2) is 36.4 Å². The van der Waals surface area contributed by atoms with Crippen LogP contribution in [0.3, 0.4) is 0 Å². The molecule has 8 nitrogen and oxygen atoms in total. The third-order valence-electron chi connectivity index (χ3n) is 6.87. The Morgan fingerprint density at radius 2 is 2.27 bits per heavy atom. The Hall–Kier alpha value is -2.97. The van der Waals surface area contributed by atoms with Crippen molar-refractivity contribution in [2.24, 2.45) is 0 Å². The molecule has 3 aliphatic heterocycles. The number of methoxy groups -OCH3 is 1. The minimum atomic E-state index is -0.917. The first-order chi connectivity index (χ1) is 15.9. The Balaban J connectivity index is 1.61. The normalized spacial score (nSPS) is 30.4. The van der Waals surface area contributed by atoms with E-state index in [2.05, 4.69) is 17.6 Å². The van der Waals surface area contributed by atoms with Crippen LogP contribution >= 0.6 is 0 Å². The van der Waals surface area contributed by atoms with Crippen molar-refractivity contribution in [3.05, 3.63) is 47.5 Å². The predicted octanol–water partition coefficient (Wildman–Crippen LogP) is 1.61. The van der Waals surface area contributed by atoms with Gasteiger partial charge in [-0.05, 0) is 50.8 Å². The third-order valence-corrected chi connectivity index (χ3v) is 6.87. The van der Waals surface area contributed by atoms with Gasteiger partial charge < -0.3 is 29.4 Å². The van der Waals surface area contributed by atoms with Gasteiger partial charge in [-0.1, -0.05) is 0 Å². The maximum atomic E-state index is 12.5. The molecule has 3 N–H and O–H groups in total. The molecule has 0 radical (unpaired) electrons. The molecule has 33 heavy (non-hydrogen) atoms. The fourth-order valence-electron chi connectivity index (χ4n) is 5.32. The number of ether oxygens (including phenoxy) is 4. The first kappa shape index (κ1) is 21.9. The summed E-state index contributed by atoms with van der Waals surface area (Å²) in [6.07, 6.45) is 10.0. The number of quaternary nitrogens is 1. The van der Waals surface area contributed by atoms with Gasteiger partial charge in [0.2, 0.25) is 5.76 Å². The minimum absolute atomic E-state index is 0.0389. The number of nitrogens with one attached hydrogen (secondary N) is 2. The molecule has 1 aliphatic carbocycles. The van der Waals surface area contributed by atoms with Gasteiger partial charge in [0.05, 0.1) is 31.1 Å². The Morgan fingerprint density at radius 1 is 1.42 bits per heavy atom. The molecule has 1 fully saturated rings. The fraction of sp³-hybridized carbons (Fsp3) is 0.480. The quantitative estimate of drug-likeness (QED) is 0.581. The first-order valence-corrected chi connectivity index (χ1v) is 11.6. The first-order valence-electron chi connectivity index (χ1n) is 11.6. The zero-order valence-corrected chi connectivity index (χ0v) is 19.3. The molecule has 3 heterocycles. The van der Waals surface area contributed by atoms with E-state index in [0.717, 1.165) is 42.8 Å². The molecule has 0 bridgehead atoms. The largest absolute Gasteiger partial charge is 0.496 e. The van der Waals surface area contributed by atoms with E-state index in [1.807, 2.05) is 19.2 Å². The average molecular weight is 456 g/mol. The fourth-order valence-corrected chi connectivity index (χ4v) is 5.32. The van der Waals surface area contributed by atoms with E-state index in [0.29, 0.717) is 23.7 Å². The summed E-state index contributed by atoms with van der Waals surface area (Å²) in [7, 11) is 1.64. The van der Waals surface area contributed by atoms with Crippen molar-refractivity contribution in [2.45, 2.75) is 50.7 Å². The standard InChI is InChI=1S/C25H30N2O6/c1-4-31-24(28)19-12-15(7-10-27-11-9-26-14-27)20-17(32-19)13-18-21(22(20)30-3)16-6-5-8-25(2,29)23(16)33-18/h7,9,11-13,16,23,26,29H,4-6,8,10,14H2,1-3H3/p+1. The van der Waals surface area contributed by atoms with E-state index < -0.39 is 11.6 Å². The lowest BCUT2D eigenvalue weighted by molar-refractivity contribution is -0.836. The second-order valence-corrected chi connectivity index (χ2v) is 9.16. The number of esters is 1. The Bertz CT molecular complexity index is 1060. The Kier molecular flexibility index (Phi) is 5.58. The summed E-state index contributed by atoms with van der Waals surface area (Å²) in [6.45, 7) is 5.39. The molecule has 0 aromatic heterocycles. The van der Waals surface area contributed by atoms with Crippen molar-refractivity contribution in [3.63, 3.8) is 0 Å². The molecule has 1 aromatic rings. The van der Waals surface area contributed by atoms with E-state index in [4.69, 9.17) is 18.9 Å². The van der Waals surface area contributed by atoms with Gasteiger partial charge in [0.1, 0.15) is 36.1 Å². The minimum Gasteiger partial charge on any atom is -0.496 e. The van der Waals surface area contributed by atoms with Gasteiger partial charge in [-0.15, -0.1) is 0 Å². The Morgan fingerprint density at radius 3 is 3.00 bits per heavy atom. The van der Waals surface area contributed by atoms with Crippen LogP contribution in [0.5, 0.6) is 17.2 Å². The Labute approximate surface area is 193 Å². The molecular formula is C25H31N2O6+. The van der Waals surface area contributed by atoms with Gasteiger partial charge in [-0.2, -0.15) is 0 Å². The van der Waals surface area contributed by atoms with Crippen LogP contribution in [0.2, 0.25) is 0 Å². The number of fused-ring (bicyclic) bond motifs is 4. The average Bonchev–Trinajstić information content (AvgIpc) is 3.44. The van der Waals surface area contributed by atoms with E-state index in [9.17, 15) is 9.90 Å². The van der Waals surface area contributed by atoms with Crippen molar-refractivity contribution in [1.29, 1.82) is 0 Å². The van der Waals surface area contributed by atoms with Crippen LogP contribution in [-0.4, -0.2) is 49.7 Å². The van der Waals surface area contributed by atoms with Crippen LogP contribution in [0.1, 0.15) is 50.2 Å². The molecule has 8 heteroatoms. The monoisotopic (exact) mass is 455 g/mol. The summed E-state index contributed by atoms with van der Waals surface area (Å²) in [5.74, 6) is 1.47. The van der Waals surface area contributed by atoms with Gasteiger partial charge in [0.15, 0.2) is 6.67 Å². The van der Waals surface area contributed by atoms with Gasteiger partial charge in [-0.3, -0.25) is 4.90 Å². The van der Waals surface area contributed by atoms with Crippen LogP contribution in [0.4, 0.5) is 0 Å². The number of hydrogen-bond donors (Lipinski definition) is 3. The summed E-state index contributed by atoms with van der Waals surface area (Å²) < 4.78 is 23.4. The molecule has 0 saturated heterocycles. The third kappa shape index (κ3) is 3.77. The maximum absolute atomic E-state index is 12.5. The topological polar surface area (TPSA) is 90.7 Å². The van der Waals surface area contributed by atoms with Crippen molar-refractivity contribution in [3.8, 4) is 17.2 Å². The van der Waals surface area contributed by atoms with E-state index in [1.165, 1.54) is 4.90 Å². The summed E-state index contributed by atoms with van der Waals surface area (Å²) in [5.41, 5.74) is 1.70. The van der Waals surface area contributed by atoms with Crippen molar-refractivity contribution < 1.29 is 33.7 Å². The second kappa shape index (κ2) is 8.43. The zero-order chi connectivity index (χ0) is 23.2. The van der Waals surface area contributed by atoms with Gasteiger partial charge in [0.25, 0.3) is 0 Å². The van der Waals surface area contributed by atoms with Gasteiger partial charge in [-0.25, -0.2) is 4.79 Å². The number of carbonyl (C=O) groups is 1. The van der Waals surface area contributed by atoms with Gasteiger partial charge in [0, 0.05) is 17.5 Å². The molecule has 1 saturated carbocycles. The summed E-state index contributed by atoms with van der Waals surface area (Å²) in [4.78, 5) is 13.8. The number of aliphatic hydroxyl groups is 1.